The highest BCUT2D eigenvalue weighted by atomic mass is 32.1. The molecule has 0 bridgehead atoms. The van der Waals surface area contributed by atoms with Gasteiger partial charge in [0.05, 0.1) is 16.5 Å². The summed E-state index contributed by atoms with van der Waals surface area (Å²) in [5, 5.41) is 6.45. The van der Waals surface area contributed by atoms with Gasteiger partial charge in [-0.25, -0.2) is 14.8 Å². The van der Waals surface area contributed by atoms with E-state index < -0.39 is 0 Å². The van der Waals surface area contributed by atoms with Crippen molar-refractivity contribution in [2.45, 2.75) is 18.9 Å². The number of para-hydroxylation sites is 2. The lowest BCUT2D eigenvalue weighted by molar-refractivity contribution is 0.252. The third kappa shape index (κ3) is 2.47. The molecule has 0 aliphatic heterocycles. The molecule has 7 heteroatoms. The van der Waals surface area contributed by atoms with Crippen molar-refractivity contribution in [3.63, 3.8) is 0 Å². The third-order valence-corrected chi connectivity index (χ3v) is 4.06. The van der Waals surface area contributed by atoms with E-state index in [-0.39, 0.29) is 6.03 Å². The van der Waals surface area contributed by atoms with Gasteiger partial charge in [-0.3, -0.25) is 5.32 Å². The number of nitrogens with one attached hydrogen (secondary N) is 3. The smallest absolute Gasteiger partial charge is 0.320 e. The van der Waals surface area contributed by atoms with Crippen LogP contribution in [0.1, 0.15) is 12.8 Å². The Labute approximate surface area is 124 Å². The van der Waals surface area contributed by atoms with Gasteiger partial charge >= 0.3 is 6.03 Å². The molecule has 1 saturated carbocycles. The van der Waals surface area contributed by atoms with Crippen molar-refractivity contribution in [1.82, 2.24) is 20.3 Å². The Balaban J connectivity index is 1.62. The van der Waals surface area contributed by atoms with Crippen LogP contribution < -0.4 is 10.6 Å². The molecule has 2 amide bonds. The van der Waals surface area contributed by atoms with Crippen molar-refractivity contribution >= 4 is 33.4 Å². The molecule has 2 aromatic heterocycles. The molecule has 0 atom stereocenters. The molecule has 0 radical (unpaired) electrons. The standard InChI is InChI=1S/C14H13N5OS/c20-14(16-8-5-6-8)19-13-11(15-7-21-13)12-17-9-3-1-2-4-10(9)18-12/h1-4,7-8H,5-6H2,(H,17,18)(H2,16,19,20). The molecule has 3 N–H and O–H groups in total. The number of hydrogen-bond acceptors (Lipinski definition) is 4. The van der Waals surface area contributed by atoms with Crippen LogP contribution in [0.5, 0.6) is 0 Å². The van der Waals surface area contributed by atoms with Gasteiger partial charge in [0.1, 0.15) is 10.7 Å². The summed E-state index contributed by atoms with van der Waals surface area (Å²) in [4.78, 5) is 23.9. The lowest BCUT2D eigenvalue weighted by Gasteiger charge is -2.05. The Morgan fingerprint density at radius 2 is 2.19 bits per heavy atom. The minimum Gasteiger partial charge on any atom is -0.337 e. The Morgan fingerprint density at radius 1 is 1.33 bits per heavy atom. The summed E-state index contributed by atoms with van der Waals surface area (Å²) in [7, 11) is 0. The first kappa shape index (κ1) is 12.3. The van der Waals surface area contributed by atoms with Crippen molar-refractivity contribution < 1.29 is 4.79 Å². The average Bonchev–Trinajstić information content (AvgIpc) is 3.01. The van der Waals surface area contributed by atoms with Crippen LogP contribution in [0.3, 0.4) is 0 Å². The highest BCUT2D eigenvalue weighted by Gasteiger charge is 2.24. The van der Waals surface area contributed by atoms with Gasteiger partial charge in [-0.2, -0.15) is 0 Å². The van der Waals surface area contributed by atoms with Crippen molar-refractivity contribution in [1.29, 1.82) is 0 Å². The largest absolute Gasteiger partial charge is 0.337 e. The number of benzene rings is 1. The molecule has 0 saturated heterocycles. The van der Waals surface area contributed by atoms with Gasteiger partial charge in [0.2, 0.25) is 0 Å². The summed E-state index contributed by atoms with van der Waals surface area (Å²) in [6.45, 7) is 0. The lowest BCUT2D eigenvalue weighted by atomic mass is 10.3. The van der Waals surface area contributed by atoms with E-state index in [0.29, 0.717) is 22.6 Å². The third-order valence-electron chi connectivity index (χ3n) is 3.32. The number of anilines is 1. The van der Waals surface area contributed by atoms with Gasteiger partial charge < -0.3 is 10.3 Å². The number of hydrogen-bond donors (Lipinski definition) is 3. The molecule has 1 fully saturated rings. The number of carbonyl (C=O) groups excluding carboxylic acids is 1. The predicted octanol–water partition coefficient (Wildman–Crippen LogP) is 2.97. The maximum atomic E-state index is 11.8. The molecule has 0 unspecified atom stereocenters. The Kier molecular flexibility index (Phi) is 2.85. The average molecular weight is 299 g/mol. The van der Waals surface area contributed by atoms with E-state index in [4.69, 9.17) is 0 Å². The molecule has 21 heavy (non-hydrogen) atoms. The molecule has 1 aliphatic rings. The first-order valence-corrected chi connectivity index (χ1v) is 7.64. The molecule has 4 rings (SSSR count). The number of H-pyrrole nitrogens is 1. The zero-order valence-electron chi connectivity index (χ0n) is 11.1. The second-order valence-electron chi connectivity index (χ2n) is 5.01. The van der Waals surface area contributed by atoms with Gasteiger partial charge in [0.15, 0.2) is 5.82 Å². The Morgan fingerprint density at radius 3 is 3.00 bits per heavy atom. The monoisotopic (exact) mass is 299 g/mol. The zero-order valence-corrected chi connectivity index (χ0v) is 11.9. The van der Waals surface area contributed by atoms with Crippen LogP contribution in [-0.4, -0.2) is 27.0 Å². The SMILES string of the molecule is O=C(Nc1scnc1-c1nc2ccccc2[nH]1)NC1CC1. The minimum absolute atomic E-state index is 0.181. The molecule has 3 aromatic rings. The predicted molar refractivity (Wildman–Crippen MR) is 82.4 cm³/mol. The lowest BCUT2D eigenvalue weighted by Crippen LogP contribution is -2.30. The van der Waals surface area contributed by atoms with Crippen LogP contribution in [0.25, 0.3) is 22.6 Å². The number of thiazole rings is 1. The van der Waals surface area contributed by atoms with E-state index in [1.54, 1.807) is 5.51 Å². The Hall–Kier alpha value is -2.41. The van der Waals surface area contributed by atoms with Gasteiger partial charge in [-0.15, -0.1) is 11.3 Å². The zero-order chi connectivity index (χ0) is 14.2. The fourth-order valence-electron chi connectivity index (χ4n) is 2.12. The van der Waals surface area contributed by atoms with Gasteiger partial charge in [-0.1, -0.05) is 12.1 Å². The van der Waals surface area contributed by atoms with Crippen LogP contribution in [0, 0.1) is 0 Å². The van der Waals surface area contributed by atoms with Crippen molar-refractivity contribution in [3.05, 3.63) is 29.8 Å². The van der Waals surface area contributed by atoms with Gasteiger partial charge in [0.25, 0.3) is 0 Å². The van der Waals surface area contributed by atoms with Crippen LogP contribution in [-0.2, 0) is 0 Å². The Bertz CT molecular complexity index is 771. The molecular formula is C14H13N5OS. The highest BCUT2D eigenvalue weighted by Crippen LogP contribution is 2.30. The van der Waals surface area contributed by atoms with Crippen molar-refractivity contribution in [3.8, 4) is 11.5 Å². The molecule has 1 aromatic carbocycles. The molecule has 106 valence electrons. The van der Waals surface area contributed by atoms with E-state index in [1.165, 1.54) is 11.3 Å². The summed E-state index contributed by atoms with van der Waals surface area (Å²) >= 11 is 1.39. The molecule has 6 nitrogen and oxygen atoms in total. The number of urea groups is 1. The van der Waals surface area contributed by atoms with Crippen LogP contribution in [0.2, 0.25) is 0 Å². The summed E-state index contributed by atoms with van der Waals surface area (Å²) < 4.78 is 0. The summed E-state index contributed by atoms with van der Waals surface area (Å²) in [5.41, 5.74) is 4.21. The van der Waals surface area contributed by atoms with Crippen LogP contribution >= 0.6 is 11.3 Å². The fourth-order valence-corrected chi connectivity index (χ4v) is 2.80. The molecular weight excluding hydrogens is 286 g/mol. The van der Waals surface area contributed by atoms with E-state index in [9.17, 15) is 4.79 Å². The number of carbonyl (C=O) groups is 1. The van der Waals surface area contributed by atoms with Gasteiger partial charge in [-0.05, 0) is 25.0 Å². The first-order chi connectivity index (χ1) is 10.3. The fraction of sp³-hybridized carbons (Fsp3) is 0.214. The maximum absolute atomic E-state index is 11.8. The first-order valence-electron chi connectivity index (χ1n) is 6.76. The van der Waals surface area contributed by atoms with E-state index in [0.717, 1.165) is 23.9 Å². The quantitative estimate of drug-likeness (QED) is 0.695. The van der Waals surface area contributed by atoms with E-state index in [2.05, 4.69) is 25.6 Å². The number of fused-ring (bicyclic) bond motifs is 1. The van der Waals surface area contributed by atoms with Crippen LogP contribution in [0.4, 0.5) is 9.80 Å². The van der Waals surface area contributed by atoms with Crippen molar-refractivity contribution in [2.24, 2.45) is 0 Å². The van der Waals surface area contributed by atoms with E-state index in [1.807, 2.05) is 24.3 Å². The molecule has 0 spiro atoms. The number of aromatic amines is 1. The summed E-state index contributed by atoms with van der Waals surface area (Å²) in [6, 6.07) is 7.94. The van der Waals surface area contributed by atoms with Gasteiger partial charge in [0, 0.05) is 6.04 Å². The molecule has 2 heterocycles. The topological polar surface area (TPSA) is 82.7 Å². The van der Waals surface area contributed by atoms with Crippen LogP contribution in [0.15, 0.2) is 29.8 Å². The second-order valence-corrected chi connectivity index (χ2v) is 5.86. The number of amides is 2. The second kappa shape index (κ2) is 4.85. The molecule has 1 aliphatic carbocycles. The maximum Gasteiger partial charge on any atom is 0.320 e. The van der Waals surface area contributed by atoms with E-state index >= 15 is 0 Å². The summed E-state index contributed by atoms with van der Waals surface area (Å²) in [5.74, 6) is 0.666. The number of nitrogens with zero attached hydrogens (tertiary/aromatic N) is 2. The van der Waals surface area contributed by atoms with Crippen molar-refractivity contribution in [2.75, 3.05) is 5.32 Å². The highest BCUT2D eigenvalue weighted by molar-refractivity contribution is 7.14. The normalized spacial score (nSPS) is 14.3. The summed E-state index contributed by atoms with van der Waals surface area (Å²) in [6.07, 6.45) is 2.12. The number of imidazole rings is 1. The number of aromatic nitrogens is 3. The number of rotatable bonds is 3. The minimum atomic E-state index is -0.181.